The SMILES string of the molecule is Cl.NCC(=O)N1CCn2c(c(-c3cn[nH]c3)c3ccc(Cl)c(Cl)c32)C1. The van der Waals surface area contributed by atoms with Gasteiger partial charge in [0.2, 0.25) is 5.91 Å². The number of carbonyl (C=O) groups excluding carboxylic acids is 1. The third-order valence-corrected chi connectivity index (χ3v) is 5.27. The van der Waals surface area contributed by atoms with Crippen LogP contribution in [-0.4, -0.2) is 38.7 Å². The molecule has 3 N–H and O–H groups in total. The molecule has 9 heteroatoms. The lowest BCUT2D eigenvalue weighted by Gasteiger charge is -2.29. The molecule has 1 amide bonds. The minimum Gasteiger partial charge on any atom is -0.339 e. The topological polar surface area (TPSA) is 79.9 Å². The summed E-state index contributed by atoms with van der Waals surface area (Å²) in [6.45, 7) is 1.74. The van der Waals surface area contributed by atoms with E-state index in [1.807, 2.05) is 12.3 Å². The van der Waals surface area contributed by atoms with E-state index in [-0.39, 0.29) is 24.9 Å². The standard InChI is InChI=1S/C16H15Cl2N5O.ClH/c17-11-2-1-10-14(9-6-20-21-7-9)12-8-22(13(24)5-19)3-4-23(12)16(10)15(11)18;/h1-2,6-7H,3-5,8,19H2,(H,20,21);1H. The van der Waals surface area contributed by atoms with Crippen molar-refractivity contribution in [1.82, 2.24) is 19.7 Å². The Kier molecular flexibility index (Phi) is 4.97. The van der Waals surface area contributed by atoms with Crippen molar-refractivity contribution in [1.29, 1.82) is 0 Å². The molecule has 0 fully saturated rings. The minimum absolute atomic E-state index is 0. The maximum absolute atomic E-state index is 12.0. The van der Waals surface area contributed by atoms with Crippen LogP contribution in [0.15, 0.2) is 24.5 Å². The van der Waals surface area contributed by atoms with Crippen molar-refractivity contribution in [3.8, 4) is 11.1 Å². The predicted octanol–water partition coefficient (Wildman–Crippen LogP) is 3.06. The van der Waals surface area contributed by atoms with Gasteiger partial charge < -0.3 is 15.2 Å². The van der Waals surface area contributed by atoms with E-state index in [1.54, 1.807) is 17.2 Å². The summed E-state index contributed by atoms with van der Waals surface area (Å²) in [6.07, 6.45) is 3.60. The van der Waals surface area contributed by atoms with Crippen molar-refractivity contribution in [3.63, 3.8) is 0 Å². The normalized spacial score (nSPS) is 13.6. The number of H-pyrrole nitrogens is 1. The number of nitrogens with one attached hydrogen (secondary N) is 1. The zero-order valence-electron chi connectivity index (χ0n) is 13.1. The fourth-order valence-corrected chi connectivity index (χ4v) is 3.79. The van der Waals surface area contributed by atoms with E-state index in [0.717, 1.165) is 27.7 Å². The van der Waals surface area contributed by atoms with Gasteiger partial charge in [-0.3, -0.25) is 9.89 Å². The van der Waals surface area contributed by atoms with E-state index in [2.05, 4.69) is 14.8 Å². The molecule has 0 saturated carbocycles. The molecule has 1 aliphatic heterocycles. The lowest BCUT2D eigenvalue weighted by atomic mass is 10.0. The third kappa shape index (κ3) is 2.79. The van der Waals surface area contributed by atoms with Gasteiger partial charge in [0.25, 0.3) is 0 Å². The summed E-state index contributed by atoms with van der Waals surface area (Å²) in [5, 5.41) is 8.94. The maximum atomic E-state index is 12.0. The minimum atomic E-state index is -0.0613. The van der Waals surface area contributed by atoms with Crippen molar-refractivity contribution >= 4 is 52.4 Å². The summed E-state index contributed by atoms with van der Waals surface area (Å²) < 4.78 is 2.15. The lowest BCUT2D eigenvalue weighted by molar-refractivity contribution is -0.131. The molecular weight excluding hydrogens is 385 g/mol. The number of carbonyl (C=O) groups is 1. The van der Waals surface area contributed by atoms with Gasteiger partial charge in [-0.15, -0.1) is 12.4 Å². The van der Waals surface area contributed by atoms with E-state index in [1.165, 1.54) is 0 Å². The number of aromatic amines is 1. The number of aromatic nitrogens is 3. The van der Waals surface area contributed by atoms with Gasteiger partial charge >= 0.3 is 0 Å². The number of hydrogen-bond donors (Lipinski definition) is 2. The average molecular weight is 401 g/mol. The summed E-state index contributed by atoms with van der Waals surface area (Å²) in [5.74, 6) is -0.0613. The molecule has 1 aromatic carbocycles. The molecule has 0 bridgehead atoms. The molecule has 25 heavy (non-hydrogen) atoms. The zero-order chi connectivity index (χ0) is 16.8. The second-order valence-corrected chi connectivity index (χ2v) is 6.52. The summed E-state index contributed by atoms with van der Waals surface area (Å²) in [4.78, 5) is 13.8. The molecule has 4 rings (SSSR count). The molecule has 2 aromatic heterocycles. The van der Waals surface area contributed by atoms with Crippen molar-refractivity contribution < 1.29 is 4.79 Å². The molecule has 3 aromatic rings. The van der Waals surface area contributed by atoms with Crippen LogP contribution in [-0.2, 0) is 17.9 Å². The summed E-state index contributed by atoms with van der Waals surface area (Å²) in [5.41, 5.74) is 9.41. The van der Waals surface area contributed by atoms with Crippen molar-refractivity contribution in [2.75, 3.05) is 13.1 Å². The van der Waals surface area contributed by atoms with Crippen LogP contribution < -0.4 is 5.73 Å². The fraction of sp³-hybridized carbons (Fsp3) is 0.250. The maximum Gasteiger partial charge on any atom is 0.236 e. The smallest absolute Gasteiger partial charge is 0.236 e. The fourth-order valence-electron chi connectivity index (χ4n) is 3.37. The number of nitrogens with two attached hydrogens (primary N) is 1. The number of rotatable bonds is 2. The Bertz CT molecular complexity index is 935. The molecule has 6 nitrogen and oxygen atoms in total. The summed E-state index contributed by atoms with van der Waals surface area (Å²) in [6, 6.07) is 3.76. The number of nitrogens with zero attached hydrogens (tertiary/aromatic N) is 3. The number of halogens is 3. The third-order valence-electron chi connectivity index (χ3n) is 4.47. The van der Waals surface area contributed by atoms with Crippen molar-refractivity contribution in [2.45, 2.75) is 13.1 Å². The monoisotopic (exact) mass is 399 g/mol. The van der Waals surface area contributed by atoms with Crippen LogP contribution in [0.2, 0.25) is 10.0 Å². The molecule has 1 aliphatic rings. The van der Waals surface area contributed by atoms with Gasteiger partial charge in [-0.2, -0.15) is 5.10 Å². The quantitative estimate of drug-likeness (QED) is 0.694. The molecule has 132 valence electrons. The van der Waals surface area contributed by atoms with Crippen LogP contribution in [0.3, 0.4) is 0 Å². The highest BCUT2D eigenvalue weighted by molar-refractivity contribution is 6.45. The highest BCUT2D eigenvalue weighted by Gasteiger charge is 2.28. The average Bonchev–Trinajstić information content (AvgIpc) is 3.22. The van der Waals surface area contributed by atoms with Gasteiger partial charge in [0.1, 0.15) is 0 Å². The first kappa shape index (κ1) is 18.1. The molecule has 0 atom stereocenters. The molecule has 0 saturated heterocycles. The van der Waals surface area contributed by atoms with Gasteiger partial charge in [0.15, 0.2) is 0 Å². The zero-order valence-corrected chi connectivity index (χ0v) is 15.5. The molecule has 3 heterocycles. The second-order valence-electron chi connectivity index (χ2n) is 5.74. The number of benzene rings is 1. The summed E-state index contributed by atoms with van der Waals surface area (Å²) in [7, 11) is 0. The molecular formula is C16H16Cl3N5O. The van der Waals surface area contributed by atoms with Gasteiger partial charge in [-0.1, -0.05) is 29.3 Å². The Labute approximate surface area is 160 Å². The molecule has 0 spiro atoms. The van der Waals surface area contributed by atoms with E-state index in [0.29, 0.717) is 29.7 Å². The van der Waals surface area contributed by atoms with Gasteiger partial charge in [0.05, 0.1) is 34.8 Å². The van der Waals surface area contributed by atoms with Gasteiger partial charge in [0, 0.05) is 41.5 Å². The summed E-state index contributed by atoms with van der Waals surface area (Å²) >= 11 is 12.7. The number of amides is 1. The van der Waals surface area contributed by atoms with Crippen LogP contribution in [0.1, 0.15) is 5.69 Å². The first-order valence-corrected chi connectivity index (χ1v) is 8.33. The van der Waals surface area contributed by atoms with Gasteiger partial charge in [-0.05, 0) is 6.07 Å². The second kappa shape index (κ2) is 6.88. The lowest BCUT2D eigenvalue weighted by Crippen LogP contribution is -2.41. The number of hydrogen-bond acceptors (Lipinski definition) is 3. The molecule has 0 unspecified atom stereocenters. The van der Waals surface area contributed by atoms with Gasteiger partial charge in [-0.25, -0.2) is 0 Å². The highest BCUT2D eigenvalue weighted by atomic mass is 35.5. The first-order chi connectivity index (χ1) is 11.6. The van der Waals surface area contributed by atoms with Crippen molar-refractivity contribution in [3.05, 3.63) is 40.3 Å². The van der Waals surface area contributed by atoms with Crippen LogP contribution in [0.25, 0.3) is 22.0 Å². The van der Waals surface area contributed by atoms with E-state index < -0.39 is 0 Å². The number of fused-ring (bicyclic) bond motifs is 3. The van der Waals surface area contributed by atoms with Crippen LogP contribution in [0.4, 0.5) is 0 Å². The van der Waals surface area contributed by atoms with E-state index in [4.69, 9.17) is 28.9 Å². The van der Waals surface area contributed by atoms with E-state index in [9.17, 15) is 4.79 Å². The largest absolute Gasteiger partial charge is 0.339 e. The van der Waals surface area contributed by atoms with Crippen LogP contribution in [0, 0.1) is 0 Å². The predicted molar refractivity (Wildman–Crippen MR) is 101 cm³/mol. The molecule has 0 radical (unpaired) electrons. The van der Waals surface area contributed by atoms with E-state index >= 15 is 0 Å². The highest BCUT2D eigenvalue weighted by Crippen LogP contribution is 2.41. The Morgan fingerprint density at radius 2 is 2.12 bits per heavy atom. The molecule has 0 aliphatic carbocycles. The Morgan fingerprint density at radius 1 is 1.32 bits per heavy atom. The van der Waals surface area contributed by atoms with Crippen LogP contribution in [0.5, 0.6) is 0 Å². The Hall–Kier alpha value is -1.73. The Morgan fingerprint density at radius 3 is 2.80 bits per heavy atom. The first-order valence-electron chi connectivity index (χ1n) is 7.58. The Balaban J connectivity index is 0.00000182. The van der Waals surface area contributed by atoms with Crippen LogP contribution >= 0.6 is 35.6 Å². The van der Waals surface area contributed by atoms with Crippen molar-refractivity contribution in [2.24, 2.45) is 5.73 Å².